The molecule has 0 spiro atoms. The standard InChI is InChI=1S/C19H25NO3/c1-14-3-7-16(8-4-14)20-19(21)10-6-15-5-9-17-18(13-15)23-12-2-11-22-17/h5-6,9-10,13-14,16H,2-4,7-8,11-12H2,1H3,(H,20,21)/b10-6+. The minimum Gasteiger partial charge on any atom is -0.490 e. The first-order chi connectivity index (χ1) is 11.2. The predicted octanol–water partition coefficient (Wildman–Crippen LogP) is 3.56. The molecule has 1 amide bonds. The van der Waals surface area contributed by atoms with Gasteiger partial charge in [-0.1, -0.05) is 13.0 Å². The second-order valence-corrected chi connectivity index (χ2v) is 6.56. The van der Waals surface area contributed by atoms with Crippen LogP contribution in [0.4, 0.5) is 0 Å². The van der Waals surface area contributed by atoms with E-state index in [-0.39, 0.29) is 5.91 Å². The molecule has 1 fully saturated rings. The Hall–Kier alpha value is -1.97. The summed E-state index contributed by atoms with van der Waals surface area (Å²) >= 11 is 0. The van der Waals surface area contributed by atoms with E-state index in [1.165, 1.54) is 12.8 Å². The van der Waals surface area contributed by atoms with E-state index in [0.717, 1.165) is 42.2 Å². The van der Waals surface area contributed by atoms with Gasteiger partial charge in [-0.15, -0.1) is 0 Å². The summed E-state index contributed by atoms with van der Waals surface area (Å²) in [7, 11) is 0. The molecule has 3 rings (SSSR count). The molecule has 0 saturated heterocycles. The summed E-state index contributed by atoms with van der Waals surface area (Å²) in [5, 5.41) is 3.10. The minimum absolute atomic E-state index is 0.0170. The number of amides is 1. The molecule has 1 heterocycles. The van der Waals surface area contributed by atoms with Crippen molar-refractivity contribution >= 4 is 12.0 Å². The normalized spacial score (nSPS) is 24.2. The maximum absolute atomic E-state index is 12.1. The number of nitrogens with one attached hydrogen (secondary N) is 1. The highest BCUT2D eigenvalue weighted by Crippen LogP contribution is 2.30. The van der Waals surface area contributed by atoms with Crippen molar-refractivity contribution in [2.75, 3.05) is 13.2 Å². The maximum atomic E-state index is 12.1. The number of hydrogen-bond acceptors (Lipinski definition) is 3. The van der Waals surface area contributed by atoms with E-state index in [9.17, 15) is 4.79 Å². The molecule has 1 aliphatic heterocycles. The Morgan fingerprint density at radius 1 is 1.13 bits per heavy atom. The van der Waals surface area contributed by atoms with Crippen LogP contribution in [0.2, 0.25) is 0 Å². The van der Waals surface area contributed by atoms with E-state index in [1.807, 2.05) is 24.3 Å². The fourth-order valence-electron chi connectivity index (χ4n) is 3.11. The van der Waals surface area contributed by atoms with Crippen LogP contribution in [0.25, 0.3) is 6.08 Å². The zero-order valence-corrected chi connectivity index (χ0v) is 13.7. The molecule has 0 bridgehead atoms. The van der Waals surface area contributed by atoms with E-state index in [0.29, 0.717) is 19.3 Å². The quantitative estimate of drug-likeness (QED) is 0.868. The lowest BCUT2D eigenvalue weighted by Crippen LogP contribution is -2.36. The summed E-state index contributed by atoms with van der Waals surface area (Å²) < 4.78 is 11.3. The highest BCUT2D eigenvalue weighted by atomic mass is 16.5. The van der Waals surface area contributed by atoms with Gasteiger partial charge in [0.2, 0.25) is 5.91 Å². The van der Waals surface area contributed by atoms with Crippen molar-refractivity contribution in [3.05, 3.63) is 29.8 Å². The van der Waals surface area contributed by atoms with Crippen molar-refractivity contribution in [2.45, 2.75) is 45.1 Å². The first-order valence-corrected chi connectivity index (χ1v) is 8.59. The molecule has 0 radical (unpaired) electrons. The van der Waals surface area contributed by atoms with Gasteiger partial charge < -0.3 is 14.8 Å². The Balaban J connectivity index is 1.57. The number of fused-ring (bicyclic) bond motifs is 1. The summed E-state index contributed by atoms with van der Waals surface area (Å²) in [6, 6.07) is 6.10. The van der Waals surface area contributed by atoms with Crippen LogP contribution in [-0.2, 0) is 4.79 Å². The lowest BCUT2D eigenvalue weighted by atomic mass is 9.87. The molecule has 4 nitrogen and oxygen atoms in total. The Bertz CT molecular complexity index is 574. The molecule has 4 heteroatoms. The first kappa shape index (κ1) is 15.9. The number of carbonyl (C=O) groups is 1. The highest BCUT2D eigenvalue weighted by molar-refractivity contribution is 5.92. The molecule has 1 aliphatic carbocycles. The van der Waals surface area contributed by atoms with Gasteiger partial charge in [0.15, 0.2) is 11.5 Å². The number of carbonyl (C=O) groups excluding carboxylic acids is 1. The van der Waals surface area contributed by atoms with Crippen molar-refractivity contribution in [3.8, 4) is 11.5 Å². The minimum atomic E-state index is -0.0170. The lowest BCUT2D eigenvalue weighted by molar-refractivity contribution is -0.117. The van der Waals surface area contributed by atoms with Gasteiger partial charge in [-0.2, -0.15) is 0 Å². The van der Waals surface area contributed by atoms with Gasteiger partial charge in [-0.25, -0.2) is 0 Å². The van der Waals surface area contributed by atoms with Gasteiger partial charge in [0.25, 0.3) is 0 Å². The van der Waals surface area contributed by atoms with Crippen LogP contribution in [-0.4, -0.2) is 25.2 Å². The number of ether oxygens (including phenoxy) is 2. The third-order valence-corrected chi connectivity index (χ3v) is 4.56. The summed E-state index contributed by atoms with van der Waals surface area (Å²) in [5.74, 6) is 2.31. The lowest BCUT2D eigenvalue weighted by Gasteiger charge is -2.26. The Kier molecular flexibility index (Phi) is 5.21. The Morgan fingerprint density at radius 3 is 2.65 bits per heavy atom. The van der Waals surface area contributed by atoms with E-state index in [1.54, 1.807) is 6.08 Å². The van der Waals surface area contributed by atoms with Crippen LogP contribution in [0, 0.1) is 5.92 Å². The van der Waals surface area contributed by atoms with Gasteiger partial charge >= 0.3 is 0 Å². The van der Waals surface area contributed by atoms with Gasteiger partial charge in [-0.05, 0) is 55.4 Å². The number of hydrogen-bond donors (Lipinski definition) is 1. The molecule has 23 heavy (non-hydrogen) atoms. The molecule has 1 saturated carbocycles. The first-order valence-electron chi connectivity index (χ1n) is 8.59. The topological polar surface area (TPSA) is 47.6 Å². The van der Waals surface area contributed by atoms with Crippen LogP contribution in [0.15, 0.2) is 24.3 Å². The fraction of sp³-hybridized carbons (Fsp3) is 0.526. The monoisotopic (exact) mass is 315 g/mol. The molecule has 0 aromatic heterocycles. The molecule has 0 atom stereocenters. The second-order valence-electron chi connectivity index (χ2n) is 6.56. The third-order valence-electron chi connectivity index (χ3n) is 4.56. The van der Waals surface area contributed by atoms with Crippen LogP contribution in [0.3, 0.4) is 0 Å². The molecule has 124 valence electrons. The second kappa shape index (κ2) is 7.53. The smallest absolute Gasteiger partial charge is 0.244 e. The van der Waals surface area contributed by atoms with E-state index in [4.69, 9.17) is 9.47 Å². The summed E-state index contributed by atoms with van der Waals surface area (Å²) in [6.45, 7) is 3.63. The fourth-order valence-corrected chi connectivity index (χ4v) is 3.11. The van der Waals surface area contributed by atoms with Gasteiger partial charge in [-0.3, -0.25) is 4.79 Å². The maximum Gasteiger partial charge on any atom is 0.244 e. The van der Waals surface area contributed by atoms with Crippen molar-refractivity contribution in [2.24, 2.45) is 5.92 Å². The zero-order valence-electron chi connectivity index (χ0n) is 13.7. The summed E-state index contributed by atoms with van der Waals surface area (Å²) in [4.78, 5) is 12.1. The largest absolute Gasteiger partial charge is 0.490 e. The molecule has 0 unspecified atom stereocenters. The molecule has 1 aromatic rings. The van der Waals surface area contributed by atoms with Crippen LogP contribution < -0.4 is 14.8 Å². The van der Waals surface area contributed by atoms with E-state index in [2.05, 4.69) is 12.2 Å². The molecular formula is C19H25NO3. The predicted molar refractivity (Wildman–Crippen MR) is 90.6 cm³/mol. The van der Waals surface area contributed by atoms with Crippen molar-refractivity contribution in [1.82, 2.24) is 5.32 Å². The van der Waals surface area contributed by atoms with Crippen molar-refractivity contribution < 1.29 is 14.3 Å². The van der Waals surface area contributed by atoms with Crippen molar-refractivity contribution in [1.29, 1.82) is 0 Å². The molecule has 2 aliphatic rings. The summed E-state index contributed by atoms with van der Waals surface area (Å²) in [6.07, 6.45) is 8.91. The number of benzene rings is 1. The SMILES string of the molecule is CC1CCC(NC(=O)/C=C/c2ccc3c(c2)OCCCO3)CC1. The van der Waals surface area contributed by atoms with Crippen molar-refractivity contribution in [3.63, 3.8) is 0 Å². The van der Waals surface area contributed by atoms with Crippen LogP contribution >= 0.6 is 0 Å². The zero-order chi connectivity index (χ0) is 16.1. The Morgan fingerprint density at radius 2 is 1.87 bits per heavy atom. The Labute approximate surface area is 137 Å². The number of rotatable bonds is 3. The van der Waals surface area contributed by atoms with Gasteiger partial charge in [0.05, 0.1) is 13.2 Å². The van der Waals surface area contributed by atoms with Gasteiger partial charge in [0.1, 0.15) is 0 Å². The van der Waals surface area contributed by atoms with Crippen LogP contribution in [0.1, 0.15) is 44.6 Å². The van der Waals surface area contributed by atoms with E-state index >= 15 is 0 Å². The molecule has 1 aromatic carbocycles. The van der Waals surface area contributed by atoms with Gasteiger partial charge in [0, 0.05) is 18.5 Å². The third kappa shape index (κ3) is 4.50. The highest BCUT2D eigenvalue weighted by Gasteiger charge is 2.18. The summed E-state index contributed by atoms with van der Waals surface area (Å²) in [5.41, 5.74) is 0.946. The average Bonchev–Trinajstić information content (AvgIpc) is 2.80. The van der Waals surface area contributed by atoms with E-state index < -0.39 is 0 Å². The molecular weight excluding hydrogens is 290 g/mol. The van der Waals surface area contributed by atoms with Crippen LogP contribution in [0.5, 0.6) is 11.5 Å². The average molecular weight is 315 g/mol. The molecule has 1 N–H and O–H groups in total.